The minimum absolute atomic E-state index is 0.0175. The van der Waals surface area contributed by atoms with Crippen molar-refractivity contribution in [3.63, 3.8) is 0 Å². The second-order valence-electron chi connectivity index (χ2n) is 2.78. The monoisotopic (exact) mass is 155 g/mol. The van der Waals surface area contributed by atoms with E-state index in [-0.39, 0.29) is 12.1 Å². The van der Waals surface area contributed by atoms with Gasteiger partial charge in [0.2, 0.25) is 0 Å². The fourth-order valence-electron chi connectivity index (χ4n) is 1.47. The molecule has 2 bridgehead atoms. The third-order valence-electron chi connectivity index (χ3n) is 2.03. The summed E-state index contributed by atoms with van der Waals surface area (Å²) in [6, 6.07) is -0.0579. The highest BCUT2D eigenvalue weighted by Crippen LogP contribution is 2.26. The summed E-state index contributed by atoms with van der Waals surface area (Å²) < 4.78 is 0. The zero-order chi connectivity index (χ0) is 7.84. The normalized spacial score (nSPS) is 34.4. The molecule has 2 aliphatic heterocycles. The number of rotatable bonds is 0. The van der Waals surface area contributed by atoms with E-state index in [1.54, 1.807) is 0 Å². The van der Waals surface area contributed by atoms with Gasteiger partial charge in [-0.2, -0.15) is 5.06 Å². The van der Waals surface area contributed by atoms with Crippen LogP contribution in [0.25, 0.3) is 0 Å². The molecule has 0 radical (unpaired) electrons. The highest BCUT2D eigenvalue weighted by Gasteiger charge is 2.33. The molecule has 60 valence electrons. The van der Waals surface area contributed by atoms with Crippen molar-refractivity contribution in [3.05, 3.63) is 12.2 Å². The first-order valence-corrected chi connectivity index (χ1v) is 3.64. The summed E-state index contributed by atoms with van der Waals surface area (Å²) in [7, 11) is 0. The summed E-state index contributed by atoms with van der Waals surface area (Å²) >= 11 is 0. The fraction of sp³-hybridized carbons (Fsp3) is 0.571. The Labute approximate surface area is 64.0 Å². The van der Waals surface area contributed by atoms with Gasteiger partial charge in [0.15, 0.2) is 0 Å². The van der Waals surface area contributed by atoms with E-state index in [9.17, 15) is 4.79 Å². The van der Waals surface area contributed by atoms with Gasteiger partial charge in [0.05, 0.1) is 6.04 Å². The lowest BCUT2D eigenvalue weighted by Gasteiger charge is -2.38. The topological polar surface area (TPSA) is 49.8 Å². The van der Waals surface area contributed by atoms with Crippen LogP contribution in [0.2, 0.25) is 0 Å². The van der Waals surface area contributed by atoms with Crippen LogP contribution in [-0.2, 0) is 4.84 Å². The Balaban J connectivity index is 2.17. The number of hydrogen-bond donors (Lipinski definition) is 1. The van der Waals surface area contributed by atoms with Gasteiger partial charge in [0.25, 0.3) is 0 Å². The summed E-state index contributed by atoms with van der Waals surface area (Å²) in [5.41, 5.74) is 0. The van der Waals surface area contributed by atoms with Crippen LogP contribution >= 0.6 is 0 Å². The third-order valence-corrected chi connectivity index (χ3v) is 2.03. The van der Waals surface area contributed by atoms with Crippen LogP contribution in [0.15, 0.2) is 12.2 Å². The molecule has 0 saturated carbocycles. The lowest BCUT2D eigenvalue weighted by Crippen LogP contribution is -2.47. The van der Waals surface area contributed by atoms with E-state index in [0.29, 0.717) is 0 Å². The Kier molecular flexibility index (Phi) is 1.35. The van der Waals surface area contributed by atoms with Gasteiger partial charge in [-0.05, 0) is 12.8 Å². The molecular weight excluding hydrogens is 146 g/mol. The summed E-state index contributed by atoms with van der Waals surface area (Å²) in [6.07, 6.45) is 4.62. The van der Waals surface area contributed by atoms with Crippen molar-refractivity contribution in [1.82, 2.24) is 5.06 Å². The maximum atomic E-state index is 10.5. The smallest absolute Gasteiger partial charge is 0.432 e. The van der Waals surface area contributed by atoms with Crippen molar-refractivity contribution < 1.29 is 14.7 Å². The van der Waals surface area contributed by atoms with E-state index < -0.39 is 6.09 Å². The molecule has 1 amide bonds. The maximum Gasteiger partial charge on any atom is 0.432 e. The molecule has 1 N–H and O–H groups in total. The Hall–Kier alpha value is -1.03. The van der Waals surface area contributed by atoms with Gasteiger partial charge >= 0.3 is 6.09 Å². The van der Waals surface area contributed by atoms with Gasteiger partial charge in [-0.15, -0.1) is 0 Å². The highest BCUT2D eigenvalue weighted by atomic mass is 16.7. The maximum absolute atomic E-state index is 10.5. The van der Waals surface area contributed by atoms with Gasteiger partial charge in [-0.3, -0.25) is 4.84 Å². The highest BCUT2D eigenvalue weighted by molar-refractivity contribution is 5.64. The van der Waals surface area contributed by atoms with Crippen LogP contribution in [0.5, 0.6) is 0 Å². The molecule has 0 aromatic carbocycles. The standard InChI is InChI=1S/C7H9NO3/c9-7(10)8-5-1-3-6(11-8)4-2-5/h1,3,5-6H,2,4H2,(H,9,10). The van der Waals surface area contributed by atoms with Crippen molar-refractivity contribution in [2.45, 2.75) is 25.0 Å². The molecule has 4 nitrogen and oxygen atoms in total. The average molecular weight is 155 g/mol. The third kappa shape index (κ3) is 0.991. The summed E-state index contributed by atoms with van der Waals surface area (Å²) in [6.45, 7) is 0. The molecule has 2 heterocycles. The zero-order valence-electron chi connectivity index (χ0n) is 5.93. The number of hydroxylamine groups is 2. The van der Waals surface area contributed by atoms with Crippen molar-refractivity contribution in [1.29, 1.82) is 0 Å². The van der Waals surface area contributed by atoms with Gasteiger partial charge in [0.1, 0.15) is 6.10 Å². The first kappa shape index (κ1) is 6.67. The van der Waals surface area contributed by atoms with E-state index in [4.69, 9.17) is 9.94 Å². The van der Waals surface area contributed by atoms with Crippen LogP contribution < -0.4 is 0 Å². The molecule has 2 unspecified atom stereocenters. The molecule has 3 aliphatic rings. The van der Waals surface area contributed by atoms with E-state index >= 15 is 0 Å². The van der Waals surface area contributed by atoms with Crippen LogP contribution in [0.3, 0.4) is 0 Å². The molecule has 0 spiro atoms. The lowest BCUT2D eigenvalue weighted by molar-refractivity contribution is -0.204. The number of carboxylic acid groups (broad SMARTS) is 1. The van der Waals surface area contributed by atoms with Crippen molar-refractivity contribution in [3.8, 4) is 0 Å². The van der Waals surface area contributed by atoms with Crippen molar-refractivity contribution >= 4 is 6.09 Å². The van der Waals surface area contributed by atoms with Crippen molar-refractivity contribution in [2.24, 2.45) is 0 Å². The number of carbonyl (C=O) groups is 1. The quantitative estimate of drug-likeness (QED) is 0.531. The summed E-state index contributed by atoms with van der Waals surface area (Å²) in [4.78, 5) is 15.6. The van der Waals surface area contributed by atoms with Gasteiger partial charge < -0.3 is 5.11 Å². The van der Waals surface area contributed by atoms with Crippen LogP contribution in [0.1, 0.15) is 12.8 Å². The Morgan fingerprint density at radius 2 is 2.36 bits per heavy atom. The summed E-state index contributed by atoms with van der Waals surface area (Å²) in [5, 5.41) is 9.66. The van der Waals surface area contributed by atoms with E-state index in [2.05, 4.69) is 0 Å². The zero-order valence-corrected chi connectivity index (χ0v) is 5.93. The fourth-order valence-corrected chi connectivity index (χ4v) is 1.47. The minimum atomic E-state index is -0.996. The predicted molar refractivity (Wildman–Crippen MR) is 36.9 cm³/mol. The molecule has 1 aliphatic carbocycles. The van der Waals surface area contributed by atoms with Gasteiger partial charge in [0, 0.05) is 0 Å². The van der Waals surface area contributed by atoms with E-state index in [0.717, 1.165) is 17.9 Å². The molecular formula is C7H9NO3. The molecule has 4 heteroatoms. The number of fused-ring (bicyclic) bond motifs is 2. The number of nitrogens with zero attached hydrogens (tertiary/aromatic N) is 1. The molecule has 0 aromatic rings. The van der Waals surface area contributed by atoms with Gasteiger partial charge in [-0.1, -0.05) is 12.2 Å². The summed E-state index contributed by atoms with van der Waals surface area (Å²) in [5.74, 6) is 0. The average Bonchev–Trinajstić information content (AvgIpc) is 2.06. The Bertz CT molecular complexity index is 214. The Morgan fingerprint density at radius 3 is 2.64 bits per heavy atom. The van der Waals surface area contributed by atoms with Crippen LogP contribution in [0, 0.1) is 0 Å². The molecule has 1 fully saturated rings. The SMILES string of the molecule is O=C(O)N1OC2C=CC1CC2. The Morgan fingerprint density at radius 1 is 1.55 bits per heavy atom. The first-order chi connectivity index (χ1) is 5.27. The molecule has 2 atom stereocenters. The number of amides is 1. The largest absolute Gasteiger partial charge is 0.463 e. The lowest BCUT2D eigenvalue weighted by atomic mass is 9.99. The molecule has 11 heavy (non-hydrogen) atoms. The van der Waals surface area contributed by atoms with E-state index in [1.807, 2.05) is 12.2 Å². The first-order valence-electron chi connectivity index (χ1n) is 3.64. The van der Waals surface area contributed by atoms with Crippen LogP contribution in [-0.4, -0.2) is 28.4 Å². The minimum Gasteiger partial charge on any atom is -0.463 e. The molecule has 3 rings (SSSR count). The van der Waals surface area contributed by atoms with Crippen LogP contribution in [0.4, 0.5) is 4.79 Å². The van der Waals surface area contributed by atoms with Crippen molar-refractivity contribution in [2.75, 3.05) is 0 Å². The van der Waals surface area contributed by atoms with Gasteiger partial charge in [-0.25, -0.2) is 4.79 Å². The van der Waals surface area contributed by atoms with E-state index in [1.165, 1.54) is 0 Å². The molecule has 1 saturated heterocycles. The second-order valence-corrected chi connectivity index (χ2v) is 2.78. The molecule has 0 aromatic heterocycles. The second kappa shape index (κ2) is 2.23. The number of hydrogen-bond acceptors (Lipinski definition) is 2. The predicted octanol–water partition coefficient (Wildman–Crippen LogP) is 0.999.